The van der Waals surface area contributed by atoms with Crippen molar-refractivity contribution in [2.24, 2.45) is 0 Å². The second-order valence-corrected chi connectivity index (χ2v) is 6.73. The van der Waals surface area contributed by atoms with Gasteiger partial charge in [0.25, 0.3) is 0 Å². The highest BCUT2D eigenvalue weighted by Crippen LogP contribution is 2.19. The molecule has 2 aromatic rings. The van der Waals surface area contributed by atoms with Crippen LogP contribution in [0.3, 0.4) is 0 Å². The van der Waals surface area contributed by atoms with Crippen molar-refractivity contribution in [2.75, 3.05) is 18.0 Å². The molecule has 25 heavy (non-hydrogen) atoms. The van der Waals surface area contributed by atoms with Crippen LogP contribution in [-0.2, 0) is 11.3 Å². The van der Waals surface area contributed by atoms with Crippen LogP contribution in [-0.4, -0.2) is 35.3 Å². The molecular weight excluding hydrogens is 319 g/mol. The number of nitrogens with zero attached hydrogens (tertiary/aromatic N) is 3. The zero-order chi connectivity index (χ0) is 17.8. The summed E-state index contributed by atoms with van der Waals surface area (Å²) in [5, 5.41) is 3.38. The Balaban J connectivity index is 1.57. The van der Waals surface area contributed by atoms with Crippen molar-refractivity contribution in [1.82, 2.24) is 15.3 Å². The van der Waals surface area contributed by atoms with E-state index in [4.69, 9.17) is 4.74 Å². The van der Waals surface area contributed by atoms with Crippen LogP contribution in [0.25, 0.3) is 0 Å². The fourth-order valence-electron chi connectivity index (χ4n) is 3.13. The van der Waals surface area contributed by atoms with Crippen LogP contribution >= 0.6 is 0 Å². The fourth-order valence-corrected chi connectivity index (χ4v) is 3.13. The topological polar surface area (TPSA) is 50.3 Å². The molecule has 1 N–H and O–H groups in total. The lowest BCUT2D eigenvalue weighted by atomic mass is 10.1. The van der Waals surface area contributed by atoms with Gasteiger partial charge in [0, 0.05) is 38.1 Å². The predicted octanol–water partition coefficient (Wildman–Crippen LogP) is 3.08. The van der Waals surface area contributed by atoms with Crippen molar-refractivity contribution < 1.29 is 9.13 Å². The number of nitrogens with one attached hydrogen (secondary N) is 1. The van der Waals surface area contributed by atoms with Crippen molar-refractivity contribution in [3.63, 3.8) is 0 Å². The summed E-state index contributed by atoms with van der Waals surface area (Å²) in [6.07, 6.45) is 5.22. The minimum atomic E-state index is -0.314. The lowest BCUT2D eigenvalue weighted by molar-refractivity contribution is -0.00545. The maximum absolute atomic E-state index is 13.3. The Hall–Kier alpha value is -2.05. The van der Waals surface area contributed by atoms with Gasteiger partial charge in [-0.3, -0.25) is 4.98 Å². The van der Waals surface area contributed by atoms with Crippen LogP contribution in [0.5, 0.6) is 0 Å². The fraction of sp³-hybridized carbons (Fsp3) is 0.474. The number of rotatable bonds is 5. The molecular formula is C19H25FN4O. The van der Waals surface area contributed by atoms with E-state index < -0.39 is 0 Å². The molecule has 0 aliphatic carbocycles. The van der Waals surface area contributed by atoms with Gasteiger partial charge in [0.2, 0.25) is 0 Å². The number of anilines is 1. The smallest absolute Gasteiger partial charge is 0.141 e. The molecule has 6 heteroatoms. The van der Waals surface area contributed by atoms with Gasteiger partial charge < -0.3 is 15.0 Å². The molecule has 1 aliphatic heterocycles. The normalized spacial score (nSPS) is 22.0. The quantitative estimate of drug-likeness (QED) is 0.903. The average molecular weight is 344 g/mol. The summed E-state index contributed by atoms with van der Waals surface area (Å²) < 4.78 is 19.0. The minimum Gasteiger partial charge on any atom is -0.372 e. The Labute approximate surface area is 148 Å². The van der Waals surface area contributed by atoms with E-state index in [0.29, 0.717) is 6.54 Å². The molecule has 0 amide bonds. The van der Waals surface area contributed by atoms with E-state index in [1.165, 1.54) is 12.3 Å². The number of hydrogen-bond acceptors (Lipinski definition) is 5. The number of ether oxygens (including phenoxy) is 1. The van der Waals surface area contributed by atoms with Crippen LogP contribution in [0.4, 0.5) is 10.2 Å². The first-order chi connectivity index (χ1) is 12.0. The summed E-state index contributed by atoms with van der Waals surface area (Å²) in [4.78, 5) is 10.7. The molecule has 3 heterocycles. The third-order valence-corrected chi connectivity index (χ3v) is 4.39. The molecule has 2 aromatic heterocycles. The van der Waals surface area contributed by atoms with Gasteiger partial charge in [0.05, 0.1) is 18.4 Å². The Kier molecular flexibility index (Phi) is 5.60. The third-order valence-electron chi connectivity index (χ3n) is 4.39. The maximum Gasteiger partial charge on any atom is 0.141 e. The molecule has 134 valence electrons. The Morgan fingerprint density at radius 1 is 1.24 bits per heavy atom. The van der Waals surface area contributed by atoms with E-state index in [1.54, 1.807) is 6.20 Å². The zero-order valence-corrected chi connectivity index (χ0v) is 14.9. The van der Waals surface area contributed by atoms with E-state index >= 15 is 0 Å². The van der Waals surface area contributed by atoms with Crippen molar-refractivity contribution in [3.8, 4) is 0 Å². The monoisotopic (exact) mass is 344 g/mol. The Bertz CT molecular complexity index is 684. The van der Waals surface area contributed by atoms with Gasteiger partial charge in [0.15, 0.2) is 0 Å². The summed E-state index contributed by atoms with van der Waals surface area (Å²) in [5.41, 5.74) is 1.93. The first kappa shape index (κ1) is 17.8. The number of hydrogen-bond donors (Lipinski definition) is 1. The van der Waals surface area contributed by atoms with Gasteiger partial charge >= 0.3 is 0 Å². The van der Waals surface area contributed by atoms with Crippen LogP contribution in [0, 0.1) is 5.82 Å². The molecule has 0 radical (unpaired) electrons. The molecule has 3 rings (SSSR count). The second kappa shape index (κ2) is 7.89. The molecule has 0 spiro atoms. The van der Waals surface area contributed by atoms with Crippen LogP contribution in [0.15, 0.2) is 36.8 Å². The number of aromatic nitrogens is 2. The lowest BCUT2D eigenvalue weighted by Crippen LogP contribution is -2.45. The van der Waals surface area contributed by atoms with Gasteiger partial charge in [-0.15, -0.1) is 0 Å². The summed E-state index contributed by atoms with van der Waals surface area (Å²) in [7, 11) is 0. The molecule has 1 saturated heterocycles. The molecule has 1 aliphatic rings. The summed E-state index contributed by atoms with van der Waals surface area (Å²) in [6.45, 7) is 8.56. The van der Waals surface area contributed by atoms with Gasteiger partial charge in [0.1, 0.15) is 11.6 Å². The van der Waals surface area contributed by atoms with Crippen molar-refractivity contribution in [1.29, 1.82) is 0 Å². The van der Waals surface area contributed by atoms with Crippen molar-refractivity contribution in [3.05, 3.63) is 53.7 Å². The second-order valence-electron chi connectivity index (χ2n) is 6.73. The molecule has 0 aromatic carbocycles. The maximum atomic E-state index is 13.3. The highest BCUT2D eigenvalue weighted by molar-refractivity contribution is 5.40. The Morgan fingerprint density at radius 3 is 2.64 bits per heavy atom. The standard InChI is InChI=1S/C19H25FN4O/c1-13-11-24(12-14(2)25-13)19-5-4-16(8-23-19)7-22-15(3)17-6-18(20)10-21-9-17/h4-6,8-10,13-15,22H,7,11-12H2,1-3H3/t13-,14+,15-/m0/s1. The first-order valence-electron chi connectivity index (χ1n) is 8.70. The lowest BCUT2D eigenvalue weighted by Gasteiger charge is -2.36. The van der Waals surface area contributed by atoms with Gasteiger partial charge in [-0.2, -0.15) is 0 Å². The molecule has 3 atom stereocenters. The highest BCUT2D eigenvalue weighted by atomic mass is 19.1. The number of pyridine rings is 2. The van der Waals surface area contributed by atoms with Crippen LogP contribution in [0.2, 0.25) is 0 Å². The Morgan fingerprint density at radius 2 is 2.00 bits per heavy atom. The summed E-state index contributed by atoms with van der Waals surface area (Å²) >= 11 is 0. The predicted molar refractivity (Wildman–Crippen MR) is 95.9 cm³/mol. The zero-order valence-electron chi connectivity index (χ0n) is 14.9. The summed E-state index contributed by atoms with van der Waals surface area (Å²) in [5.74, 6) is 0.666. The van der Waals surface area contributed by atoms with Crippen molar-refractivity contribution >= 4 is 5.82 Å². The molecule has 0 saturated carbocycles. The largest absolute Gasteiger partial charge is 0.372 e. The third kappa shape index (κ3) is 4.74. The first-order valence-corrected chi connectivity index (χ1v) is 8.70. The molecule has 0 bridgehead atoms. The summed E-state index contributed by atoms with van der Waals surface area (Å²) in [6, 6.07) is 5.66. The van der Waals surface area contributed by atoms with Crippen LogP contribution in [0.1, 0.15) is 37.9 Å². The minimum absolute atomic E-state index is 0.0174. The highest BCUT2D eigenvalue weighted by Gasteiger charge is 2.22. The van der Waals surface area contributed by atoms with Gasteiger partial charge in [-0.1, -0.05) is 6.07 Å². The SMILES string of the molecule is C[C@@H]1CN(c2ccc(CN[C@@H](C)c3cncc(F)c3)cn2)C[C@H](C)O1. The van der Waals surface area contributed by atoms with Gasteiger partial charge in [-0.25, -0.2) is 9.37 Å². The van der Waals surface area contributed by atoms with E-state index in [1.807, 2.05) is 13.1 Å². The van der Waals surface area contributed by atoms with E-state index in [9.17, 15) is 4.39 Å². The van der Waals surface area contributed by atoms with E-state index in [2.05, 4.69) is 46.2 Å². The average Bonchev–Trinajstić information content (AvgIpc) is 2.59. The van der Waals surface area contributed by atoms with E-state index in [-0.39, 0.29) is 24.1 Å². The molecule has 5 nitrogen and oxygen atoms in total. The van der Waals surface area contributed by atoms with Crippen LogP contribution < -0.4 is 10.2 Å². The molecule has 0 unspecified atom stereocenters. The number of morpholine rings is 1. The van der Waals surface area contributed by atoms with E-state index in [0.717, 1.165) is 30.0 Å². The van der Waals surface area contributed by atoms with Gasteiger partial charge in [-0.05, 0) is 44.0 Å². The van der Waals surface area contributed by atoms with Crippen molar-refractivity contribution in [2.45, 2.75) is 45.6 Å². The molecule has 1 fully saturated rings. The number of halogens is 1.